The number of hydrogen-bond donors (Lipinski definition) is 1. The van der Waals surface area contributed by atoms with Crippen LogP contribution in [0.3, 0.4) is 0 Å². The first kappa shape index (κ1) is 14.3. The molecule has 0 bridgehead atoms. The van der Waals surface area contributed by atoms with Gasteiger partial charge >= 0.3 is 0 Å². The van der Waals surface area contributed by atoms with Crippen LogP contribution in [-0.2, 0) is 0 Å². The van der Waals surface area contributed by atoms with Crippen LogP contribution in [0.15, 0.2) is 60.7 Å². The topological polar surface area (TPSA) is 20.2 Å². The summed E-state index contributed by atoms with van der Waals surface area (Å²) < 4.78 is 0. The third-order valence-electron chi connectivity index (χ3n) is 4.79. The van der Waals surface area contributed by atoms with Gasteiger partial charge in [0, 0.05) is 5.92 Å². The van der Waals surface area contributed by atoms with E-state index in [4.69, 9.17) is 0 Å². The monoisotopic (exact) mass is 280 g/mol. The van der Waals surface area contributed by atoms with Crippen LogP contribution in [0.1, 0.15) is 49.1 Å². The Balaban J connectivity index is 1.92. The summed E-state index contributed by atoms with van der Waals surface area (Å²) in [6, 6.07) is 20.9. The molecule has 0 amide bonds. The van der Waals surface area contributed by atoms with Crippen LogP contribution >= 0.6 is 0 Å². The highest BCUT2D eigenvalue weighted by atomic mass is 16.3. The van der Waals surface area contributed by atoms with Crippen LogP contribution < -0.4 is 0 Å². The first-order valence-corrected chi connectivity index (χ1v) is 8.14. The Hall–Kier alpha value is -1.60. The molecule has 1 aliphatic rings. The van der Waals surface area contributed by atoms with E-state index in [2.05, 4.69) is 48.5 Å². The second kappa shape index (κ2) is 6.91. The molecule has 0 saturated heterocycles. The van der Waals surface area contributed by atoms with E-state index in [0.29, 0.717) is 5.92 Å². The zero-order chi connectivity index (χ0) is 14.5. The molecule has 1 heteroatoms. The summed E-state index contributed by atoms with van der Waals surface area (Å²) in [5, 5.41) is 11.0. The Bertz CT molecular complexity index is 489. The lowest BCUT2D eigenvalue weighted by molar-refractivity contribution is 0.0707. The smallest absolute Gasteiger partial charge is 0.0677 e. The fourth-order valence-electron chi connectivity index (χ4n) is 3.66. The molecule has 0 aliphatic heterocycles. The second-order valence-electron chi connectivity index (χ2n) is 6.19. The highest BCUT2D eigenvalue weighted by Gasteiger charge is 2.30. The molecule has 1 aliphatic carbocycles. The Morgan fingerprint density at radius 1 is 0.714 bits per heavy atom. The molecule has 2 aromatic carbocycles. The highest BCUT2D eigenvalue weighted by Crippen LogP contribution is 2.37. The number of aliphatic hydroxyl groups is 1. The van der Waals surface area contributed by atoms with Crippen LogP contribution in [0.4, 0.5) is 0 Å². The first-order valence-electron chi connectivity index (χ1n) is 8.14. The molecular formula is C20H24O. The van der Waals surface area contributed by atoms with Crippen LogP contribution in [0.2, 0.25) is 0 Å². The molecule has 21 heavy (non-hydrogen) atoms. The minimum absolute atomic E-state index is 0.0931. The Morgan fingerprint density at radius 3 is 1.67 bits per heavy atom. The lowest BCUT2D eigenvalue weighted by atomic mass is 9.75. The highest BCUT2D eigenvalue weighted by molar-refractivity contribution is 5.34. The molecule has 1 fully saturated rings. The van der Waals surface area contributed by atoms with Gasteiger partial charge in [-0.05, 0) is 29.9 Å². The maximum absolute atomic E-state index is 11.0. The zero-order valence-corrected chi connectivity index (χ0v) is 12.5. The average molecular weight is 280 g/mol. The second-order valence-corrected chi connectivity index (χ2v) is 6.19. The van der Waals surface area contributed by atoms with Crippen molar-refractivity contribution in [1.29, 1.82) is 0 Å². The van der Waals surface area contributed by atoms with Gasteiger partial charge in [0.15, 0.2) is 0 Å². The quantitative estimate of drug-likeness (QED) is 0.856. The largest absolute Gasteiger partial charge is 0.392 e. The molecule has 0 spiro atoms. The van der Waals surface area contributed by atoms with Crippen LogP contribution in [-0.4, -0.2) is 11.2 Å². The lowest BCUT2D eigenvalue weighted by Gasteiger charge is -2.33. The van der Waals surface area contributed by atoms with Gasteiger partial charge in [-0.3, -0.25) is 0 Å². The van der Waals surface area contributed by atoms with Crippen molar-refractivity contribution in [2.75, 3.05) is 0 Å². The fourth-order valence-corrected chi connectivity index (χ4v) is 3.66. The molecule has 1 saturated carbocycles. The van der Waals surface area contributed by atoms with Crippen molar-refractivity contribution in [3.63, 3.8) is 0 Å². The van der Waals surface area contributed by atoms with Gasteiger partial charge in [0.05, 0.1) is 6.10 Å². The number of benzene rings is 2. The van der Waals surface area contributed by atoms with E-state index < -0.39 is 0 Å². The predicted octanol–water partition coefficient (Wildman–Crippen LogP) is 4.76. The molecule has 0 heterocycles. The van der Waals surface area contributed by atoms with Gasteiger partial charge < -0.3 is 5.11 Å². The molecule has 110 valence electrons. The third kappa shape index (κ3) is 3.36. The van der Waals surface area contributed by atoms with Crippen molar-refractivity contribution in [1.82, 2.24) is 0 Å². The van der Waals surface area contributed by atoms with E-state index >= 15 is 0 Å². The van der Waals surface area contributed by atoms with Crippen molar-refractivity contribution in [2.24, 2.45) is 5.92 Å². The maximum atomic E-state index is 11.0. The summed E-state index contributed by atoms with van der Waals surface area (Å²) in [7, 11) is 0. The van der Waals surface area contributed by atoms with Gasteiger partial charge in [0.2, 0.25) is 0 Å². The summed E-state index contributed by atoms with van der Waals surface area (Å²) in [6.45, 7) is 0. The number of hydrogen-bond acceptors (Lipinski definition) is 1. The average Bonchev–Trinajstić information content (AvgIpc) is 2.58. The Labute approximate surface area is 127 Å². The normalized spacial score (nSPS) is 17.8. The molecule has 2 aromatic rings. The number of aliphatic hydroxyl groups excluding tert-OH is 1. The van der Waals surface area contributed by atoms with Gasteiger partial charge in [-0.2, -0.15) is 0 Å². The van der Waals surface area contributed by atoms with Gasteiger partial charge in [-0.15, -0.1) is 0 Å². The first-order chi connectivity index (χ1) is 10.4. The zero-order valence-electron chi connectivity index (χ0n) is 12.5. The molecule has 1 atom stereocenters. The SMILES string of the molecule is OC(C1CCCCC1)C(c1ccccc1)c1ccccc1. The summed E-state index contributed by atoms with van der Waals surface area (Å²) >= 11 is 0. The predicted molar refractivity (Wildman–Crippen MR) is 87.3 cm³/mol. The molecular weight excluding hydrogens is 256 g/mol. The van der Waals surface area contributed by atoms with Gasteiger partial charge in [0.1, 0.15) is 0 Å². The van der Waals surface area contributed by atoms with E-state index in [0.717, 1.165) is 12.8 Å². The Kier molecular flexibility index (Phi) is 4.72. The van der Waals surface area contributed by atoms with Crippen LogP contribution in [0.5, 0.6) is 0 Å². The van der Waals surface area contributed by atoms with Crippen molar-refractivity contribution >= 4 is 0 Å². The minimum atomic E-state index is -0.282. The van der Waals surface area contributed by atoms with Gasteiger partial charge in [-0.25, -0.2) is 0 Å². The maximum Gasteiger partial charge on any atom is 0.0677 e. The summed E-state index contributed by atoms with van der Waals surface area (Å²) in [5.41, 5.74) is 2.45. The van der Waals surface area contributed by atoms with Gasteiger partial charge in [0.25, 0.3) is 0 Å². The standard InChI is InChI=1S/C20H24O/c21-20(18-14-8-3-9-15-18)19(16-10-4-1-5-11-16)17-12-6-2-7-13-17/h1-2,4-7,10-13,18-21H,3,8-9,14-15H2. The summed E-state index contributed by atoms with van der Waals surface area (Å²) in [6.07, 6.45) is 5.89. The van der Waals surface area contributed by atoms with Gasteiger partial charge in [-0.1, -0.05) is 79.9 Å². The summed E-state index contributed by atoms with van der Waals surface area (Å²) in [4.78, 5) is 0. The molecule has 1 unspecified atom stereocenters. The van der Waals surface area contributed by atoms with Crippen molar-refractivity contribution < 1.29 is 5.11 Å². The molecule has 0 aromatic heterocycles. The van der Waals surface area contributed by atoms with Crippen molar-refractivity contribution in [2.45, 2.75) is 44.1 Å². The van der Waals surface area contributed by atoms with E-state index in [1.165, 1.54) is 30.4 Å². The third-order valence-corrected chi connectivity index (χ3v) is 4.79. The van der Waals surface area contributed by atoms with Crippen molar-refractivity contribution in [3.05, 3.63) is 71.8 Å². The Morgan fingerprint density at radius 2 is 1.19 bits per heavy atom. The van der Waals surface area contributed by atoms with Crippen LogP contribution in [0.25, 0.3) is 0 Å². The molecule has 0 radical (unpaired) electrons. The van der Waals surface area contributed by atoms with E-state index in [9.17, 15) is 5.11 Å². The number of rotatable bonds is 4. The summed E-state index contributed by atoms with van der Waals surface area (Å²) in [5.74, 6) is 0.527. The molecule has 1 N–H and O–H groups in total. The molecule has 3 rings (SSSR count). The van der Waals surface area contributed by atoms with E-state index in [1.807, 2.05) is 12.1 Å². The lowest BCUT2D eigenvalue weighted by Crippen LogP contribution is -2.30. The fraction of sp³-hybridized carbons (Fsp3) is 0.400. The minimum Gasteiger partial charge on any atom is -0.392 e. The van der Waals surface area contributed by atoms with Crippen molar-refractivity contribution in [3.8, 4) is 0 Å². The molecule has 1 nitrogen and oxygen atoms in total. The van der Waals surface area contributed by atoms with Crippen LogP contribution in [0, 0.1) is 5.92 Å². The van der Waals surface area contributed by atoms with E-state index in [1.54, 1.807) is 0 Å². The van der Waals surface area contributed by atoms with E-state index in [-0.39, 0.29) is 12.0 Å².